The van der Waals surface area contributed by atoms with Gasteiger partial charge in [0, 0.05) is 0 Å². The minimum Gasteiger partial charge on any atom is -0.494 e. The van der Waals surface area contributed by atoms with E-state index in [4.69, 9.17) is 9.47 Å². The maximum Gasteiger partial charge on any atom is 0.355 e. The van der Waals surface area contributed by atoms with Crippen LogP contribution in [0.2, 0.25) is 0 Å². The number of anilines is 1. The molecule has 1 aromatic carbocycles. The second kappa shape index (κ2) is 6.31. The summed E-state index contributed by atoms with van der Waals surface area (Å²) in [7, 11) is 0. The number of rotatable bonds is 5. The van der Waals surface area contributed by atoms with Crippen LogP contribution >= 0.6 is 0 Å². The molecular weight excluding hydrogens is 314 g/mol. The Morgan fingerprint density at radius 1 is 1.17 bits per heavy atom. The van der Waals surface area contributed by atoms with Gasteiger partial charge < -0.3 is 9.47 Å². The number of fused-ring (bicyclic) bond motifs is 1. The lowest BCUT2D eigenvalue weighted by Gasteiger charge is -2.16. The number of benzene rings is 1. The van der Waals surface area contributed by atoms with Gasteiger partial charge in [0.25, 0.3) is 5.91 Å². The van der Waals surface area contributed by atoms with Crippen LogP contribution in [0.4, 0.5) is 5.69 Å². The van der Waals surface area contributed by atoms with E-state index in [1.165, 1.54) is 0 Å². The number of imide groups is 1. The molecule has 126 valence electrons. The predicted molar refractivity (Wildman–Crippen MR) is 84.6 cm³/mol. The minimum atomic E-state index is -0.955. The third-order valence-electron chi connectivity index (χ3n) is 3.82. The molecule has 24 heavy (non-hydrogen) atoms. The smallest absolute Gasteiger partial charge is 0.355 e. The van der Waals surface area contributed by atoms with E-state index in [2.05, 4.69) is 10.5 Å². The molecule has 1 fully saturated rings. The number of esters is 1. The van der Waals surface area contributed by atoms with Gasteiger partial charge in [0.2, 0.25) is 5.91 Å². The summed E-state index contributed by atoms with van der Waals surface area (Å²) in [5.74, 6) is -1.94. The lowest BCUT2D eigenvalue weighted by molar-refractivity contribution is -0.136. The Labute approximate surface area is 138 Å². The molecule has 0 radical (unpaired) electrons. The molecule has 0 bridgehead atoms. The molecule has 2 heterocycles. The summed E-state index contributed by atoms with van der Waals surface area (Å²) in [6.45, 7) is 4.21. The second-order valence-corrected chi connectivity index (χ2v) is 5.24. The van der Waals surface area contributed by atoms with Crippen LogP contribution in [0.25, 0.3) is 0 Å². The number of ether oxygens (including phenoxy) is 2. The maximum atomic E-state index is 12.7. The topological polar surface area (TPSA) is 97.3 Å². The van der Waals surface area contributed by atoms with Crippen LogP contribution in [0.1, 0.15) is 13.8 Å². The van der Waals surface area contributed by atoms with Gasteiger partial charge in [-0.25, -0.2) is 9.69 Å². The summed E-state index contributed by atoms with van der Waals surface area (Å²) in [6, 6.07) is 5.75. The highest BCUT2D eigenvalue weighted by Crippen LogP contribution is 2.31. The van der Waals surface area contributed by atoms with Crippen molar-refractivity contribution in [1.29, 1.82) is 0 Å². The monoisotopic (exact) mass is 331 g/mol. The number of carbonyl (C=O) groups is 3. The molecule has 8 heteroatoms. The summed E-state index contributed by atoms with van der Waals surface area (Å²) >= 11 is 0. The molecule has 2 aliphatic heterocycles. The van der Waals surface area contributed by atoms with Crippen molar-refractivity contribution in [3.63, 3.8) is 0 Å². The molecule has 0 aromatic heterocycles. The summed E-state index contributed by atoms with van der Waals surface area (Å²) in [5, 5.41) is 3.81. The van der Waals surface area contributed by atoms with Crippen molar-refractivity contribution in [3.05, 3.63) is 24.3 Å². The Morgan fingerprint density at radius 3 is 2.50 bits per heavy atom. The fraction of sp³-hybridized carbons (Fsp3) is 0.375. The number of nitrogens with one attached hydrogen (secondary N) is 1. The molecule has 1 saturated heterocycles. The zero-order valence-corrected chi connectivity index (χ0v) is 13.3. The van der Waals surface area contributed by atoms with Crippen LogP contribution in [0, 0.1) is 5.92 Å². The standard InChI is InChI=1S/C16H17N3O5/c1-3-23-10-7-5-9(6-8-10)19-14(20)11-12(15(19)21)17-18-13(11)16(22)24-4-2/h5-8,11-12,17H,3-4H2,1-2H3. The Balaban J connectivity index is 1.85. The van der Waals surface area contributed by atoms with Crippen molar-refractivity contribution in [1.82, 2.24) is 5.43 Å². The van der Waals surface area contributed by atoms with Crippen molar-refractivity contribution in [2.75, 3.05) is 18.1 Å². The van der Waals surface area contributed by atoms with Crippen molar-refractivity contribution in [2.24, 2.45) is 11.0 Å². The number of hydrogen-bond acceptors (Lipinski definition) is 7. The highest BCUT2D eigenvalue weighted by molar-refractivity contribution is 6.46. The fourth-order valence-corrected chi connectivity index (χ4v) is 2.78. The summed E-state index contributed by atoms with van der Waals surface area (Å²) < 4.78 is 10.2. The van der Waals surface area contributed by atoms with Crippen LogP contribution in [-0.4, -0.2) is 42.8 Å². The van der Waals surface area contributed by atoms with Crippen LogP contribution < -0.4 is 15.1 Å². The van der Waals surface area contributed by atoms with Gasteiger partial charge in [0.05, 0.1) is 18.9 Å². The Hall–Kier alpha value is -2.90. The first kappa shape index (κ1) is 16.0. The lowest BCUT2D eigenvalue weighted by Crippen LogP contribution is -2.36. The molecule has 3 rings (SSSR count). The number of amides is 2. The number of hydrazone groups is 1. The predicted octanol–water partition coefficient (Wildman–Crippen LogP) is 0.466. The van der Waals surface area contributed by atoms with Crippen molar-refractivity contribution in [3.8, 4) is 5.75 Å². The number of nitrogens with zero attached hydrogens (tertiary/aromatic N) is 2. The highest BCUT2D eigenvalue weighted by atomic mass is 16.5. The molecule has 2 aliphatic rings. The Kier molecular flexibility index (Phi) is 4.20. The van der Waals surface area contributed by atoms with Gasteiger partial charge in [-0.1, -0.05) is 0 Å². The van der Waals surface area contributed by atoms with Gasteiger partial charge in [-0.2, -0.15) is 5.10 Å². The van der Waals surface area contributed by atoms with Crippen LogP contribution in [0.5, 0.6) is 5.75 Å². The average Bonchev–Trinajstić information content (AvgIpc) is 3.10. The molecule has 0 spiro atoms. The number of carbonyl (C=O) groups excluding carboxylic acids is 3. The van der Waals surface area contributed by atoms with Gasteiger partial charge in [-0.3, -0.25) is 15.0 Å². The Morgan fingerprint density at radius 2 is 1.88 bits per heavy atom. The minimum absolute atomic E-state index is 0.0614. The molecule has 1 N–H and O–H groups in total. The van der Waals surface area contributed by atoms with E-state index in [0.29, 0.717) is 18.0 Å². The molecule has 0 saturated carbocycles. The van der Waals surface area contributed by atoms with Crippen molar-refractivity contribution < 1.29 is 23.9 Å². The average molecular weight is 331 g/mol. The first-order chi connectivity index (χ1) is 11.6. The SMILES string of the molecule is CCOC(=O)C1=NNC2C(=O)N(c3ccc(OCC)cc3)C(=O)C12. The normalized spacial score (nSPS) is 22.1. The van der Waals surface area contributed by atoms with E-state index in [-0.39, 0.29) is 12.3 Å². The molecule has 2 atom stereocenters. The second-order valence-electron chi connectivity index (χ2n) is 5.24. The van der Waals surface area contributed by atoms with Crippen LogP contribution in [0.15, 0.2) is 29.4 Å². The van der Waals surface area contributed by atoms with Crippen LogP contribution in [0.3, 0.4) is 0 Å². The zero-order chi connectivity index (χ0) is 17.3. The van der Waals surface area contributed by atoms with E-state index in [1.54, 1.807) is 31.2 Å². The first-order valence-corrected chi connectivity index (χ1v) is 7.69. The van der Waals surface area contributed by atoms with E-state index in [0.717, 1.165) is 4.90 Å². The molecule has 1 aromatic rings. The molecule has 8 nitrogen and oxygen atoms in total. The maximum absolute atomic E-state index is 12.7. The zero-order valence-electron chi connectivity index (χ0n) is 13.3. The van der Waals surface area contributed by atoms with Gasteiger partial charge in [0.1, 0.15) is 17.7 Å². The quantitative estimate of drug-likeness (QED) is 0.622. The van der Waals surface area contributed by atoms with Crippen molar-refractivity contribution >= 4 is 29.2 Å². The summed E-state index contributed by atoms with van der Waals surface area (Å²) in [6.07, 6.45) is 0. The van der Waals surface area contributed by atoms with Crippen molar-refractivity contribution in [2.45, 2.75) is 19.9 Å². The largest absolute Gasteiger partial charge is 0.494 e. The summed E-state index contributed by atoms with van der Waals surface area (Å²) in [5.41, 5.74) is 2.93. The van der Waals surface area contributed by atoms with Gasteiger partial charge in [-0.15, -0.1) is 0 Å². The third-order valence-corrected chi connectivity index (χ3v) is 3.82. The molecule has 2 unspecified atom stereocenters. The summed E-state index contributed by atoms with van der Waals surface area (Å²) in [4.78, 5) is 38.2. The van der Waals surface area contributed by atoms with E-state index in [9.17, 15) is 14.4 Å². The number of hydrogen-bond donors (Lipinski definition) is 1. The van der Waals surface area contributed by atoms with E-state index >= 15 is 0 Å². The third kappa shape index (κ3) is 2.49. The Bertz CT molecular complexity index is 713. The van der Waals surface area contributed by atoms with Crippen LogP contribution in [-0.2, 0) is 19.1 Å². The van der Waals surface area contributed by atoms with Gasteiger partial charge in [-0.05, 0) is 38.1 Å². The highest BCUT2D eigenvalue weighted by Gasteiger charge is 2.55. The fourth-order valence-electron chi connectivity index (χ4n) is 2.78. The molecule has 2 amide bonds. The lowest BCUT2D eigenvalue weighted by atomic mass is 9.99. The van der Waals surface area contributed by atoms with Gasteiger partial charge >= 0.3 is 5.97 Å². The van der Waals surface area contributed by atoms with Gasteiger partial charge in [0.15, 0.2) is 5.71 Å². The molecule has 0 aliphatic carbocycles. The first-order valence-electron chi connectivity index (χ1n) is 7.69. The van der Waals surface area contributed by atoms with E-state index < -0.39 is 29.7 Å². The molecular formula is C16H17N3O5. The van der Waals surface area contributed by atoms with E-state index in [1.807, 2.05) is 6.92 Å².